The normalized spacial score (nSPS) is 11.6. The number of methoxy groups -OCH3 is 1. The molecule has 0 aliphatic heterocycles. The summed E-state index contributed by atoms with van der Waals surface area (Å²) in [5.41, 5.74) is 2.14. The van der Waals surface area contributed by atoms with E-state index in [0.717, 1.165) is 29.1 Å². The Morgan fingerprint density at radius 2 is 1.76 bits per heavy atom. The quantitative estimate of drug-likeness (QED) is 0.606. The first kappa shape index (κ1) is 22.8. The van der Waals surface area contributed by atoms with E-state index in [1.54, 1.807) is 30.7 Å². The summed E-state index contributed by atoms with van der Waals surface area (Å²) in [6.07, 6.45) is 0.864. The van der Waals surface area contributed by atoms with Crippen LogP contribution in [0.15, 0.2) is 54.6 Å². The van der Waals surface area contributed by atoms with Crippen molar-refractivity contribution in [2.24, 2.45) is 0 Å². The van der Waals surface area contributed by atoms with Crippen LogP contribution in [0, 0.1) is 0 Å². The van der Waals surface area contributed by atoms with Crippen LogP contribution in [-0.2, 0) is 21.9 Å². The number of carbonyl (C=O) groups is 2. The number of nitrogens with one attached hydrogen (secondary N) is 1. The number of carbonyl (C=O) groups excluding carboxylic acids is 2. The maximum absolute atomic E-state index is 13.0. The molecule has 0 bridgehead atoms. The zero-order valence-corrected chi connectivity index (χ0v) is 18.2. The molecule has 1 N–H and O–H groups in total. The van der Waals surface area contributed by atoms with Gasteiger partial charge in [0.2, 0.25) is 11.8 Å². The second-order valence-electron chi connectivity index (χ2n) is 6.82. The van der Waals surface area contributed by atoms with Crippen molar-refractivity contribution >= 4 is 23.6 Å². The van der Waals surface area contributed by atoms with Crippen LogP contribution in [0.2, 0.25) is 0 Å². The summed E-state index contributed by atoms with van der Waals surface area (Å²) in [4.78, 5) is 27.1. The predicted molar refractivity (Wildman–Crippen MR) is 119 cm³/mol. The Bertz CT molecular complexity index is 765. The van der Waals surface area contributed by atoms with Gasteiger partial charge in [-0.1, -0.05) is 49.4 Å². The molecule has 0 fully saturated rings. The van der Waals surface area contributed by atoms with E-state index in [2.05, 4.69) is 5.32 Å². The molecule has 0 heterocycles. The van der Waals surface area contributed by atoms with Gasteiger partial charge in [0, 0.05) is 18.8 Å². The maximum Gasteiger partial charge on any atom is 0.242 e. The number of rotatable bonds is 11. The number of thioether (sulfide) groups is 1. The van der Waals surface area contributed by atoms with Crippen molar-refractivity contribution in [2.45, 2.75) is 38.6 Å². The summed E-state index contributed by atoms with van der Waals surface area (Å²) in [5.74, 6) is 1.72. The van der Waals surface area contributed by atoms with E-state index in [1.807, 2.05) is 61.5 Å². The highest BCUT2D eigenvalue weighted by Crippen LogP contribution is 2.18. The third-order valence-electron chi connectivity index (χ3n) is 4.57. The first-order chi connectivity index (χ1) is 14.0. The Balaban J connectivity index is 1.99. The van der Waals surface area contributed by atoms with Crippen LogP contribution in [-0.4, -0.2) is 42.2 Å². The molecule has 2 amide bonds. The average molecular weight is 415 g/mol. The molecule has 0 aromatic heterocycles. The van der Waals surface area contributed by atoms with Crippen molar-refractivity contribution in [3.05, 3.63) is 65.7 Å². The van der Waals surface area contributed by atoms with Crippen molar-refractivity contribution in [3.8, 4) is 5.75 Å². The van der Waals surface area contributed by atoms with Gasteiger partial charge in [0.05, 0.1) is 12.9 Å². The van der Waals surface area contributed by atoms with Gasteiger partial charge in [-0.15, -0.1) is 11.8 Å². The summed E-state index contributed by atoms with van der Waals surface area (Å²) in [7, 11) is 1.64. The Morgan fingerprint density at radius 3 is 2.38 bits per heavy atom. The van der Waals surface area contributed by atoms with Gasteiger partial charge in [0.25, 0.3) is 0 Å². The van der Waals surface area contributed by atoms with Crippen LogP contribution in [0.4, 0.5) is 0 Å². The molecule has 0 spiro atoms. The molecule has 2 aromatic rings. The molecule has 1 atom stereocenters. The van der Waals surface area contributed by atoms with Gasteiger partial charge in [-0.2, -0.15) is 0 Å². The number of nitrogens with zero attached hydrogens (tertiary/aromatic N) is 1. The molecule has 2 rings (SSSR count). The molecule has 0 radical (unpaired) electrons. The van der Waals surface area contributed by atoms with Crippen LogP contribution in [0.3, 0.4) is 0 Å². The molecule has 5 nitrogen and oxygen atoms in total. The first-order valence-corrected chi connectivity index (χ1v) is 11.0. The van der Waals surface area contributed by atoms with Crippen molar-refractivity contribution in [1.29, 1.82) is 0 Å². The molecule has 1 unspecified atom stereocenters. The molecular formula is C23H30N2O3S. The fourth-order valence-electron chi connectivity index (χ4n) is 2.82. The highest BCUT2D eigenvalue weighted by molar-refractivity contribution is 7.99. The lowest BCUT2D eigenvalue weighted by Crippen LogP contribution is -2.48. The summed E-state index contributed by atoms with van der Waals surface area (Å²) >= 11 is 1.55. The fraction of sp³-hybridized carbons (Fsp3) is 0.391. The zero-order valence-electron chi connectivity index (χ0n) is 17.4. The van der Waals surface area contributed by atoms with E-state index in [1.165, 1.54) is 0 Å². The molecule has 0 aliphatic carbocycles. The largest absolute Gasteiger partial charge is 0.497 e. The van der Waals surface area contributed by atoms with Gasteiger partial charge >= 0.3 is 0 Å². The van der Waals surface area contributed by atoms with E-state index < -0.39 is 6.04 Å². The Hall–Kier alpha value is -2.47. The molecule has 0 saturated heterocycles. The molecule has 2 aromatic carbocycles. The van der Waals surface area contributed by atoms with Crippen molar-refractivity contribution in [1.82, 2.24) is 10.2 Å². The van der Waals surface area contributed by atoms with Crippen LogP contribution in [0.1, 0.15) is 31.4 Å². The van der Waals surface area contributed by atoms with Crippen LogP contribution < -0.4 is 10.1 Å². The maximum atomic E-state index is 13.0. The van der Waals surface area contributed by atoms with Crippen molar-refractivity contribution in [2.75, 3.05) is 19.4 Å². The minimum atomic E-state index is -0.518. The summed E-state index contributed by atoms with van der Waals surface area (Å²) < 4.78 is 5.17. The number of hydrogen-bond donors (Lipinski definition) is 1. The van der Waals surface area contributed by atoms with Gasteiger partial charge in [0.1, 0.15) is 11.8 Å². The second-order valence-corrected chi connectivity index (χ2v) is 7.80. The van der Waals surface area contributed by atoms with Crippen LogP contribution >= 0.6 is 11.8 Å². The SMILES string of the molecule is CCCNC(=O)C(C)N(Cc1ccccc1)C(=O)CSCc1ccc(OC)cc1. The summed E-state index contributed by atoms with van der Waals surface area (Å²) in [5, 5.41) is 2.89. The molecule has 6 heteroatoms. The number of benzene rings is 2. The van der Waals surface area contributed by atoms with Crippen molar-refractivity contribution in [3.63, 3.8) is 0 Å². The minimum Gasteiger partial charge on any atom is -0.497 e. The third kappa shape index (κ3) is 7.46. The topological polar surface area (TPSA) is 58.6 Å². The van der Waals surface area contributed by atoms with Crippen molar-refractivity contribution < 1.29 is 14.3 Å². The summed E-state index contributed by atoms with van der Waals surface area (Å²) in [6, 6.07) is 17.1. The lowest BCUT2D eigenvalue weighted by molar-refractivity contribution is -0.138. The van der Waals surface area contributed by atoms with E-state index in [-0.39, 0.29) is 11.8 Å². The van der Waals surface area contributed by atoms with E-state index in [0.29, 0.717) is 18.8 Å². The zero-order chi connectivity index (χ0) is 21.1. The van der Waals surface area contributed by atoms with Crippen LogP contribution in [0.25, 0.3) is 0 Å². The molecular weight excluding hydrogens is 384 g/mol. The predicted octanol–water partition coefficient (Wildman–Crippen LogP) is 3.87. The molecule has 156 valence electrons. The Kier molecular flexibility index (Phi) is 9.57. The lowest BCUT2D eigenvalue weighted by Gasteiger charge is -2.28. The molecule has 29 heavy (non-hydrogen) atoms. The van der Waals surface area contributed by atoms with Gasteiger partial charge in [0.15, 0.2) is 0 Å². The van der Waals surface area contributed by atoms with Gasteiger partial charge in [-0.25, -0.2) is 0 Å². The van der Waals surface area contributed by atoms with Gasteiger partial charge in [-0.05, 0) is 36.6 Å². The Labute approximate surface area is 177 Å². The number of amides is 2. The van der Waals surface area contributed by atoms with Crippen LogP contribution in [0.5, 0.6) is 5.75 Å². The summed E-state index contributed by atoms with van der Waals surface area (Å²) in [6.45, 7) is 4.83. The monoisotopic (exact) mass is 414 g/mol. The highest BCUT2D eigenvalue weighted by Gasteiger charge is 2.25. The number of hydrogen-bond acceptors (Lipinski definition) is 4. The molecule has 0 aliphatic rings. The minimum absolute atomic E-state index is 0.0356. The average Bonchev–Trinajstić information content (AvgIpc) is 2.76. The highest BCUT2D eigenvalue weighted by atomic mass is 32.2. The Morgan fingerprint density at radius 1 is 1.07 bits per heavy atom. The van der Waals surface area contributed by atoms with E-state index >= 15 is 0 Å². The van der Waals surface area contributed by atoms with E-state index in [4.69, 9.17) is 4.74 Å². The third-order valence-corrected chi connectivity index (χ3v) is 5.55. The molecule has 0 saturated carbocycles. The second kappa shape index (κ2) is 12.2. The van der Waals surface area contributed by atoms with Gasteiger partial charge < -0.3 is 15.0 Å². The lowest BCUT2D eigenvalue weighted by atomic mass is 10.1. The first-order valence-electron chi connectivity index (χ1n) is 9.87. The standard InChI is InChI=1S/C23H30N2O3S/c1-4-14-24-23(27)18(2)25(15-19-8-6-5-7-9-19)22(26)17-29-16-20-10-12-21(28-3)13-11-20/h5-13,18H,4,14-17H2,1-3H3,(H,24,27). The smallest absolute Gasteiger partial charge is 0.242 e. The number of ether oxygens (including phenoxy) is 1. The fourth-order valence-corrected chi connectivity index (χ4v) is 3.69. The van der Waals surface area contributed by atoms with Gasteiger partial charge in [-0.3, -0.25) is 9.59 Å². The van der Waals surface area contributed by atoms with E-state index in [9.17, 15) is 9.59 Å².